The summed E-state index contributed by atoms with van der Waals surface area (Å²) in [5.41, 5.74) is 6.15. The van der Waals surface area contributed by atoms with E-state index in [2.05, 4.69) is 11.9 Å². The van der Waals surface area contributed by atoms with E-state index < -0.39 is 0 Å². The van der Waals surface area contributed by atoms with Gasteiger partial charge in [0.25, 0.3) is 0 Å². The second-order valence-corrected chi connectivity index (χ2v) is 4.39. The number of nitrogens with two attached hydrogens (primary N) is 1. The summed E-state index contributed by atoms with van der Waals surface area (Å²) in [6.45, 7) is 4.28. The highest BCUT2D eigenvalue weighted by Crippen LogP contribution is 2.13. The Morgan fingerprint density at radius 2 is 2.05 bits per heavy atom. The lowest BCUT2D eigenvalue weighted by atomic mass is 10.2. The second-order valence-electron chi connectivity index (χ2n) is 4.39. The average molecular weight is 291 g/mol. The number of hydrogen-bond acceptors (Lipinski definition) is 4. The van der Waals surface area contributed by atoms with Crippen LogP contribution in [0, 0.1) is 0 Å². The Kier molecular flexibility index (Phi) is 6.97. The van der Waals surface area contributed by atoms with Crippen LogP contribution in [0.1, 0.15) is 5.56 Å². The number of nitrogens with zero attached hydrogens (tertiary/aromatic N) is 1. The summed E-state index contributed by atoms with van der Waals surface area (Å²) < 4.78 is 5.09. The molecule has 0 aliphatic heterocycles. The van der Waals surface area contributed by atoms with Gasteiger partial charge in [-0.2, -0.15) is 0 Å². The zero-order chi connectivity index (χ0) is 15.7. The first-order valence-electron chi connectivity index (χ1n) is 6.59. The van der Waals surface area contributed by atoms with Crippen LogP contribution in [-0.2, 0) is 16.1 Å². The van der Waals surface area contributed by atoms with Crippen molar-refractivity contribution in [3.63, 3.8) is 0 Å². The molecule has 0 atom stereocenters. The van der Waals surface area contributed by atoms with Gasteiger partial charge in [0.05, 0.1) is 20.2 Å². The third kappa shape index (κ3) is 5.66. The largest absolute Gasteiger partial charge is 0.497 e. The number of ether oxygens (including phenoxy) is 1. The van der Waals surface area contributed by atoms with Crippen molar-refractivity contribution in [3.05, 3.63) is 42.5 Å². The third-order valence-corrected chi connectivity index (χ3v) is 2.86. The molecule has 6 heteroatoms. The van der Waals surface area contributed by atoms with E-state index in [0.29, 0.717) is 13.1 Å². The molecule has 2 amide bonds. The van der Waals surface area contributed by atoms with Gasteiger partial charge in [-0.05, 0) is 17.7 Å². The fraction of sp³-hybridized carbons (Fsp3) is 0.333. The molecule has 0 spiro atoms. The number of methoxy groups -OCH3 is 1. The Morgan fingerprint density at radius 1 is 1.38 bits per heavy atom. The molecular weight excluding hydrogens is 270 g/mol. The first-order valence-corrected chi connectivity index (χ1v) is 6.59. The van der Waals surface area contributed by atoms with Gasteiger partial charge in [-0.1, -0.05) is 18.2 Å². The van der Waals surface area contributed by atoms with Crippen molar-refractivity contribution in [2.45, 2.75) is 6.54 Å². The lowest BCUT2D eigenvalue weighted by Gasteiger charge is -2.21. The molecule has 0 fully saturated rings. The summed E-state index contributed by atoms with van der Waals surface area (Å²) in [7, 11) is 1.60. The molecule has 1 aromatic rings. The Hall–Kier alpha value is -2.34. The van der Waals surface area contributed by atoms with E-state index in [0.717, 1.165) is 11.3 Å². The van der Waals surface area contributed by atoms with Crippen molar-refractivity contribution < 1.29 is 14.3 Å². The topological polar surface area (TPSA) is 84.7 Å². The monoisotopic (exact) mass is 291 g/mol. The normalized spacial score (nSPS) is 9.81. The van der Waals surface area contributed by atoms with Crippen molar-refractivity contribution in [2.75, 3.05) is 26.7 Å². The van der Waals surface area contributed by atoms with Crippen molar-refractivity contribution in [1.29, 1.82) is 0 Å². The molecule has 0 saturated carbocycles. The number of benzene rings is 1. The number of carbonyl (C=O) groups excluding carboxylic acids is 2. The van der Waals surface area contributed by atoms with Crippen molar-refractivity contribution in [2.24, 2.45) is 5.73 Å². The molecule has 6 nitrogen and oxygen atoms in total. The molecular formula is C15H21N3O3. The van der Waals surface area contributed by atoms with Crippen molar-refractivity contribution in [1.82, 2.24) is 10.2 Å². The van der Waals surface area contributed by atoms with Gasteiger partial charge in [0, 0.05) is 13.1 Å². The van der Waals surface area contributed by atoms with Gasteiger partial charge in [0.15, 0.2) is 0 Å². The van der Waals surface area contributed by atoms with Gasteiger partial charge in [-0.25, -0.2) is 0 Å². The minimum Gasteiger partial charge on any atom is -0.497 e. The van der Waals surface area contributed by atoms with E-state index >= 15 is 0 Å². The van der Waals surface area contributed by atoms with Gasteiger partial charge >= 0.3 is 0 Å². The first kappa shape index (κ1) is 16.7. The van der Waals surface area contributed by atoms with Crippen LogP contribution in [-0.4, -0.2) is 43.5 Å². The molecule has 0 aromatic heterocycles. The fourth-order valence-corrected chi connectivity index (χ4v) is 1.72. The molecule has 0 heterocycles. The maximum absolute atomic E-state index is 12.1. The van der Waals surface area contributed by atoms with Crippen LogP contribution >= 0.6 is 0 Å². The number of amides is 2. The minimum absolute atomic E-state index is 0.0694. The number of rotatable bonds is 8. The molecule has 0 bridgehead atoms. The average Bonchev–Trinajstić information content (AvgIpc) is 2.52. The van der Waals surface area contributed by atoms with E-state index in [1.807, 2.05) is 24.3 Å². The van der Waals surface area contributed by atoms with Gasteiger partial charge in [0.2, 0.25) is 11.8 Å². The Morgan fingerprint density at radius 3 is 2.57 bits per heavy atom. The lowest BCUT2D eigenvalue weighted by molar-refractivity contribution is -0.132. The van der Waals surface area contributed by atoms with Gasteiger partial charge in [0.1, 0.15) is 5.75 Å². The van der Waals surface area contributed by atoms with E-state index in [1.165, 1.54) is 0 Å². The Balaban J connectivity index is 2.64. The number of carbonyl (C=O) groups is 2. The number of hydrogen-bond donors (Lipinski definition) is 2. The predicted octanol–water partition coefficient (Wildman–Crippen LogP) is 0.285. The molecule has 3 N–H and O–H groups in total. The van der Waals surface area contributed by atoms with E-state index in [4.69, 9.17) is 10.5 Å². The molecule has 0 radical (unpaired) electrons. The molecule has 1 aromatic carbocycles. The summed E-state index contributed by atoms with van der Waals surface area (Å²) in [6.07, 6.45) is 1.65. The molecule has 0 unspecified atom stereocenters. The maximum Gasteiger partial charge on any atom is 0.242 e. The fourth-order valence-electron chi connectivity index (χ4n) is 1.72. The summed E-state index contributed by atoms with van der Waals surface area (Å²) in [5, 5.41) is 2.47. The number of nitrogens with one attached hydrogen (secondary N) is 1. The van der Waals surface area contributed by atoms with Crippen LogP contribution in [0.25, 0.3) is 0 Å². The summed E-state index contributed by atoms with van der Waals surface area (Å²) in [4.78, 5) is 24.8. The van der Waals surface area contributed by atoms with Crippen LogP contribution in [0.3, 0.4) is 0 Å². The Bertz CT molecular complexity index is 485. The van der Waals surface area contributed by atoms with Gasteiger partial charge in [-0.15, -0.1) is 6.58 Å². The van der Waals surface area contributed by atoms with Crippen LogP contribution in [0.4, 0.5) is 0 Å². The highest BCUT2D eigenvalue weighted by atomic mass is 16.5. The lowest BCUT2D eigenvalue weighted by Crippen LogP contribution is -2.41. The molecule has 0 aliphatic carbocycles. The highest BCUT2D eigenvalue weighted by Gasteiger charge is 2.13. The summed E-state index contributed by atoms with van der Waals surface area (Å²) >= 11 is 0. The first-order chi connectivity index (χ1) is 10.1. The van der Waals surface area contributed by atoms with Crippen molar-refractivity contribution >= 4 is 11.8 Å². The summed E-state index contributed by atoms with van der Waals surface area (Å²) in [5.74, 6) is 0.217. The predicted molar refractivity (Wildman–Crippen MR) is 80.7 cm³/mol. The minimum atomic E-state index is -0.355. The van der Waals surface area contributed by atoms with Crippen molar-refractivity contribution in [3.8, 4) is 5.75 Å². The molecule has 1 rings (SSSR count). The van der Waals surface area contributed by atoms with Crippen LogP contribution < -0.4 is 15.8 Å². The smallest absolute Gasteiger partial charge is 0.242 e. The zero-order valence-corrected chi connectivity index (χ0v) is 12.2. The molecule has 114 valence electrons. The van der Waals surface area contributed by atoms with E-state index in [1.54, 1.807) is 18.1 Å². The molecule has 0 aliphatic rings. The quantitative estimate of drug-likeness (QED) is 0.674. The van der Waals surface area contributed by atoms with Crippen LogP contribution in [0.5, 0.6) is 5.75 Å². The van der Waals surface area contributed by atoms with Crippen LogP contribution in [0.15, 0.2) is 36.9 Å². The third-order valence-electron chi connectivity index (χ3n) is 2.86. The standard InChI is InChI=1S/C15H21N3O3/c1-3-8-18(15(20)10-17-14(19)9-16)11-12-4-6-13(21-2)7-5-12/h3-7H,1,8-11,16H2,2H3,(H,17,19). The Labute approximate surface area is 124 Å². The second kappa shape index (κ2) is 8.76. The highest BCUT2D eigenvalue weighted by molar-refractivity contribution is 5.85. The summed E-state index contributed by atoms with van der Waals surface area (Å²) in [6, 6.07) is 7.45. The van der Waals surface area contributed by atoms with Gasteiger partial charge in [-0.3, -0.25) is 9.59 Å². The van der Waals surface area contributed by atoms with Crippen LogP contribution in [0.2, 0.25) is 0 Å². The maximum atomic E-state index is 12.1. The molecule has 21 heavy (non-hydrogen) atoms. The molecule has 0 saturated heterocycles. The van der Waals surface area contributed by atoms with Gasteiger partial charge < -0.3 is 20.7 Å². The SMILES string of the molecule is C=CCN(Cc1ccc(OC)cc1)C(=O)CNC(=O)CN. The zero-order valence-electron chi connectivity index (χ0n) is 12.2. The van der Waals surface area contributed by atoms with E-state index in [9.17, 15) is 9.59 Å². The van der Waals surface area contributed by atoms with E-state index in [-0.39, 0.29) is 24.9 Å².